The van der Waals surface area contributed by atoms with Gasteiger partial charge in [-0.05, 0) is 0 Å². The van der Waals surface area contributed by atoms with Gasteiger partial charge in [0.15, 0.2) is 0 Å². The molecular weight excluding hydrogens is 216 g/mol. The maximum Gasteiger partial charge on any atom is 0.327 e. The lowest BCUT2D eigenvalue weighted by Crippen LogP contribution is -2.40. The molecule has 0 aromatic heterocycles. The highest BCUT2D eigenvalue weighted by Crippen LogP contribution is 1.86. The first-order chi connectivity index (χ1) is 6.31. The normalized spacial score (nSPS) is 10.4. The summed E-state index contributed by atoms with van der Waals surface area (Å²) in [5, 5.41) is 24.2. The Kier molecular flexibility index (Phi) is 8.68. The molecule has 0 aromatic carbocycles. The van der Waals surface area contributed by atoms with Crippen LogP contribution in [-0.4, -0.2) is 39.1 Å². The van der Waals surface area contributed by atoms with E-state index in [1.54, 1.807) is 0 Å². The fourth-order valence-electron chi connectivity index (χ4n) is 0.431. The average Bonchev–Trinajstić information content (AvgIpc) is 1.98. The van der Waals surface area contributed by atoms with Crippen LogP contribution in [0, 0.1) is 10.1 Å². The van der Waals surface area contributed by atoms with Crippen molar-refractivity contribution in [2.75, 3.05) is 5.75 Å². The summed E-state index contributed by atoms with van der Waals surface area (Å²) in [6.45, 7) is 1.26. The van der Waals surface area contributed by atoms with E-state index in [1.807, 2.05) is 0 Å². The van der Waals surface area contributed by atoms with Gasteiger partial charge in [0.1, 0.15) is 6.04 Å². The van der Waals surface area contributed by atoms with Crippen molar-refractivity contribution in [3.05, 3.63) is 10.1 Å². The lowest BCUT2D eigenvalue weighted by atomic mass is 10.3. The Labute approximate surface area is 84.4 Å². The van der Waals surface area contributed by atoms with Crippen LogP contribution in [0.15, 0.2) is 0 Å². The lowest BCUT2D eigenvalue weighted by molar-refractivity contribution is -0.742. The molecule has 14 heavy (non-hydrogen) atoms. The molecule has 8 nitrogen and oxygen atoms in total. The van der Waals surface area contributed by atoms with Gasteiger partial charge in [0.2, 0.25) is 5.91 Å². The third kappa shape index (κ3) is 13.1. The third-order valence-electron chi connectivity index (χ3n) is 0.858. The van der Waals surface area contributed by atoms with Crippen molar-refractivity contribution in [2.45, 2.75) is 13.0 Å². The van der Waals surface area contributed by atoms with Crippen LogP contribution >= 0.6 is 12.6 Å². The minimum atomic E-state index is -1.50. The largest absolute Gasteiger partial charge is 0.480 e. The number of thiol groups is 1. The summed E-state index contributed by atoms with van der Waals surface area (Å²) in [5.74, 6) is -1.32. The van der Waals surface area contributed by atoms with Crippen LogP contribution in [0.3, 0.4) is 0 Å². The zero-order chi connectivity index (χ0) is 11.7. The molecule has 0 aliphatic rings. The SMILES string of the molecule is CC(=O)NC(CS)C(=O)O.O=[N+]([O-])O. The van der Waals surface area contributed by atoms with E-state index in [0.29, 0.717) is 0 Å². The molecule has 0 saturated carbocycles. The maximum atomic E-state index is 10.3. The van der Waals surface area contributed by atoms with Gasteiger partial charge in [-0.1, -0.05) is 0 Å². The van der Waals surface area contributed by atoms with Crippen LogP contribution in [0.1, 0.15) is 6.92 Å². The van der Waals surface area contributed by atoms with Crippen LogP contribution < -0.4 is 5.32 Å². The minimum Gasteiger partial charge on any atom is -0.480 e. The second kappa shape index (κ2) is 8.10. The summed E-state index contributed by atoms with van der Waals surface area (Å²) in [5.41, 5.74) is 0. The van der Waals surface area contributed by atoms with Crippen molar-refractivity contribution in [1.82, 2.24) is 5.32 Å². The second-order valence-corrected chi connectivity index (χ2v) is 2.38. The van der Waals surface area contributed by atoms with E-state index < -0.39 is 17.1 Å². The van der Waals surface area contributed by atoms with Crippen LogP contribution in [0.2, 0.25) is 0 Å². The number of carbonyl (C=O) groups is 2. The highest BCUT2D eigenvalue weighted by atomic mass is 32.1. The van der Waals surface area contributed by atoms with E-state index in [0.717, 1.165) is 0 Å². The zero-order valence-corrected chi connectivity index (χ0v) is 8.10. The maximum absolute atomic E-state index is 10.3. The molecule has 3 N–H and O–H groups in total. The second-order valence-electron chi connectivity index (χ2n) is 2.01. The van der Waals surface area contributed by atoms with E-state index >= 15 is 0 Å². The molecule has 0 rings (SSSR count). The Morgan fingerprint density at radius 3 is 2.07 bits per heavy atom. The van der Waals surface area contributed by atoms with E-state index in [1.165, 1.54) is 6.92 Å². The quantitative estimate of drug-likeness (QED) is 0.282. The molecule has 1 unspecified atom stereocenters. The van der Waals surface area contributed by atoms with Crippen LogP contribution in [0.25, 0.3) is 0 Å². The Bertz CT molecular complexity index is 216. The molecular formula is C5H10N2O6S. The van der Waals surface area contributed by atoms with Gasteiger partial charge in [0.25, 0.3) is 5.09 Å². The first-order valence-electron chi connectivity index (χ1n) is 3.25. The molecule has 9 heteroatoms. The highest BCUT2D eigenvalue weighted by molar-refractivity contribution is 7.80. The molecule has 82 valence electrons. The molecule has 0 saturated heterocycles. The number of rotatable bonds is 3. The van der Waals surface area contributed by atoms with Gasteiger partial charge in [-0.3, -0.25) is 4.79 Å². The van der Waals surface area contributed by atoms with Crippen LogP contribution in [0.5, 0.6) is 0 Å². The molecule has 0 aromatic rings. The summed E-state index contributed by atoms with van der Waals surface area (Å²) in [4.78, 5) is 28.9. The number of aliphatic carboxylic acids is 1. The van der Waals surface area contributed by atoms with Gasteiger partial charge < -0.3 is 15.6 Å². The Hall–Kier alpha value is -1.51. The molecule has 0 spiro atoms. The van der Waals surface area contributed by atoms with Gasteiger partial charge in [-0.25, -0.2) is 4.79 Å². The van der Waals surface area contributed by atoms with Crippen molar-refractivity contribution in [1.29, 1.82) is 0 Å². The number of carboxylic acid groups (broad SMARTS) is 1. The smallest absolute Gasteiger partial charge is 0.327 e. The summed E-state index contributed by atoms with van der Waals surface area (Å²) in [6.07, 6.45) is 0. The molecule has 1 atom stereocenters. The molecule has 0 bridgehead atoms. The highest BCUT2D eigenvalue weighted by Gasteiger charge is 2.15. The fraction of sp³-hybridized carbons (Fsp3) is 0.600. The number of amides is 1. The number of hydrogen-bond donors (Lipinski definition) is 4. The first kappa shape index (κ1) is 15.0. The van der Waals surface area contributed by atoms with E-state index in [-0.39, 0.29) is 11.7 Å². The summed E-state index contributed by atoms with van der Waals surface area (Å²) in [7, 11) is 0. The standard InChI is InChI=1S/C5H9NO3S.HNO3/c1-3(7)6-4(2-10)5(8)9;2-1(3)4/h4,10H,2H2,1H3,(H,6,7)(H,8,9);(H,2,3,4). The monoisotopic (exact) mass is 226 g/mol. The molecule has 0 aliphatic carbocycles. The third-order valence-corrected chi connectivity index (χ3v) is 1.22. The average molecular weight is 226 g/mol. The van der Waals surface area contributed by atoms with Gasteiger partial charge in [0, 0.05) is 12.7 Å². The minimum absolute atomic E-state index is 0.106. The summed E-state index contributed by atoms with van der Waals surface area (Å²) < 4.78 is 0. The Morgan fingerprint density at radius 2 is 2.00 bits per heavy atom. The van der Waals surface area contributed by atoms with Crippen molar-refractivity contribution in [2.24, 2.45) is 0 Å². The molecule has 0 heterocycles. The molecule has 0 fully saturated rings. The zero-order valence-electron chi connectivity index (χ0n) is 7.21. The summed E-state index contributed by atoms with van der Waals surface area (Å²) in [6, 6.07) is -0.874. The van der Waals surface area contributed by atoms with E-state index in [2.05, 4.69) is 17.9 Å². The van der Waals surface area contributed by atoms with E-state index in [4.69, 9.17) is 20.4 Å². The summed E-state index contributed by atoms with van der Waals surface area (Å²) >= 11 is 3.73. The number of hydrogen-bond acceptors (Lipinski definition) is 5. The van der Waals surface area contributed by atoms with Gasteiger partial charge in [0.05, 0.1) is 0 Å². The van der Waals surface area contributed by atoms with Crippen molar-refractivity contribution in [3.8, 4) is 0 Å². The van der Waals surface area contributed by atoms with Crippen molar-refractivity contribution in [3.63, 3.8) is 0 Å². The fourth-order valence-corrected chi connectivity index (χ4v) is 0.678. The van der Waals surface area contributed by atoms with Gasteiger partial charge in [-0.15, -0.1) is 10.1 Å². The Morgan fingerprint density at radius 1 is 1.64 bits per heavy atom. The van der Waals surface area contributed by atoms with Crippen molar-refractivity contribution >= 4 is 24.5 Å². The predicted molar refractivity (Wildman–Crippen MR) is 47.9 cm³/mol. The van der Waals surface area contributed by atoms with Crippen molar-refractivity contribution < 1.29 is 25.0 Å². The topological polar surface area (TPSA) is 130 Å². The van der Waals surface area contributed by atoms with Crippen LogP contribution in [0.4, 0.5) is 0 Å². The molecule has 0 radical (unpaired) electrons. The Balaban J connectivity index is 0. The lowest BCUT2D eigenvalue weighted by Gasteiger charge is -2.08. The number of nitrogens with one attached hydrogen (secondary N) is 1. The first-order valence-corrected chi connectivity index (χ1v) is 3.88. The van der Waals surface area contributed by atoms with Gasteiger partial charge in [-0.2, -0.15) is 12.6 Å². The molecule has 1 amide bonds. The predicted octanol–water partition coefficient (Wildman–Crippen LogP) is -0.842. The number of nitrogens with zero attached hydrogens (tertiary/aromatic N) is 1. The van der Waals surface area contributed by atoms with Crippen LogP contribution in [-0.2, 0) is 9.59 Å². The van der Waals surface area contributed by atoms with Gasteiger partial charge >= 0.3 is 5.97 Å². The van der Waals surface area contributed by atoms with E-state index in [9.17, 15) is 9.59 Å². The molecule has 0 aliphatic heterocycles. The number of carbonyl (C=O) groups excluding carboxylic acids is 1. The number of carboxylic acids is 1.